The van der Waals surface area contributed by atoms with Crippen molar-refractivity contribution in [3.8, 4) is 0 Å². The highest BCUT2D eigenvalue weighted by Crippen LogP contribution is 2.43. The summed E-state index contributed by atoms with van der Waals surface area (Å²) < 4.78 is 32.3. The molecular weight excluding hydrogens is 587 g/mol. The predicted molar refractivity (Wildman–Crippen MR) is 173 cm³/mol. The fourth-order valence-electron chi connectivity index (χ4n) is 4.76. The van der Waals surface area contributed by atoms with E-state index in [1.54, 1.807) is 0 Å². The normalized spacial score (nSPS) is 14.2. The van der Waals surface area contributed by atoms with Gasteiger partial charge in [-0.3, -0.25) is 18.6 Å². The van der Waals surface area contributed by atoms with Crippen LogP contribution in [0, 0.1) is 0 Å². The van der Waals surface area contributed by atoms with Gasteiger partial charge in [0.05, 0.1) is 19.8 Å². The van der Waals surface area contributed by atoms with Crippen LogP contribution in [-0.4, -0.2) is 65.7 Å². The molecule has 3 N–H and O–H groups in total. The summed E-state index contributed by atoms with van der Waals surface area (Å²) in [5, 5.41) is 18.2. The molecule has 0 aromatic carbocycles. The Balaban J connectivity index is 4.23. The molecule has 10 nitrogen and oxygen atoms in total. The van der Waals surface area contributed by atoms with Crippen molar-refractivity contribution in [2.24, 2.45) is 0 Å². The summed E-state index contributed by atoms with van der Waals surface area (Å²) >= 11 is 0. The summed E-state index contributed by atoms with van der Waals surface area (Å²) in [6.45, 7) is 2.27. The highest BCUT2D eigenvalue weighted by molar-refractivity contribution is 7.47. The number of esters is 2. The summed E-state index contributed by atoms with van der Waals surface area (Å²) in [7, 11) is -4.59. The molecule has 0 rings (SSSR count). The van der Waals surface area contributed by atoms with Gasteiger partial charge in [-0.05, 0) is 12.8 Å². The maximum atomic E-state index is 12.5. The fourth-order valence-corrected chi connectivity index (χ4v) is 5.55. The topological polar surface area (TPSA) is 149 Å². The molecule has 0 saturated carbocycles. The number of hydrogen-bond donors (Lipinski definition) is 3. The molecule has 0 radical (unpaired) electrons. The third-order valence-electron chi connectivity index (χ3n) is 7.51. The number of aliphatic hydroxyl groups excluding tert-OH is 2. The quantitative estimate of drug-likeness (QED) is 0.0362. The van der Waals surface area contributed by atoms with Gasteiger partial charge in [0.2, 0.25) is 0 Å². The van der Waals surface area contributed by atoms with Gasteiger partial charge < -0.3 is 24.6 Å². The number of rotatable bonds is 33. The van der Waals surface area contributed by atoms with Gasteiger partial charge in [0, 0.05) is 12.8 Å². The lowest BCUT2D eigenvalue weighted by Crippen LogP contribution is -2.29. The molecule has 262 valence electrons. The van der Waals surface area contributed by atoms with E-state index in [0.29, 0.717) is 12.8 Å². The fraction of sp³-hybridized carbons (Fsp3) is 0.939. The van der Waals surface area contributed by atoms with Crippen molar-refractivity contribution in [3.05, 3.63) is 0 Å². The van der Waals surface area contributed by atoms with Crippen molar-refractivity contribution in [3.63, 3.8) is 0 Å². The van der Waals surface area contributed by atoms with Crippen LogP contribution in [0.5, 0.6) is 0 Å². The maximum absolute atomic E-state index is 12.5. The summed E-state index contributed by atoms with van der Waals surface area (Å²) in [6.07, 6.45) is 22.7. The number of phosphoric ester groups is 1. The molecule has 0 aromatic heterocycles. The number of carbonyl (C=O) groups excluding carboxylic acids is 2. The largest absolute Gasteiger partial charge is 0.472 e. The Hall–Kier alpha value is -1.03. The van der Waals surface area contributed by atoms with Crippen molar-refractivity contribution >= 4 is 19.8 Å². The number of hydrogen-bond acceptors (Lipinski definition) is 9. The van der Waals surface area contributed by atoms with Crippen LogP contribution in [0.15, 0.2) is 0 Å². The van der Waals surface area contributed by atoms with Crippen molar-refractivity contribution in [2.75, 3.05) is 26.4 Å². The first-order valence-corrected chi connectivity index (χ1v) is 19.0. The highest BCUT2D eigenvalue weighted by atomic mass is 31.2. The van der Waals surface area contributed by atoms with Gasteiger partial charge >= 0.3 is 19.8 Å². The van der Waals surface area contributed by atoms with Gasteiger partial charge in [-0.2, -0.15) is 0 Å². The Labute approximate surface area is 267 Å². The number of carbonyl (C=O) groups is 2. The van der Waals surface area contributed by atoms with Crippen molar-refractivity contribution in [2.45, 2.75) is 174 Å². The minimum atomic E-state index is -4.59. The van der Waals surface area contributed by atoms with Crippen LogP contribution >= 0.6 is 7.82 Å². The van der Waals surface area contributed by atoms with E-state index in [2.05, 4.69) is 18.4 Å². The first kappa shape index (κ1) is 43.0. The van der Waals surface area contributed by atoms with E-state index in [9.17, 15) is 24.2 Å². The molecule has 11 heteroatoms. The molecule has 0 aliphatic rings. The average molecular weight is 653 g/mol. The molecular formula is C33H65O10P. The van der Waals surface area contributed by atoms with Crippen LogP contribution in [-0.2, 0) is 32.7 Å². The minimum absolute atomic E-state index is 0.191. The van der Waals surface area contributed by atoms with Crippen LogP contribution in [0.2, 0.25) is 0 Å². The molecule has 0 bridgehead atoms. The third kappa shape index (κ3) is 29.7. The van der Waals surface area contributed by atoms with Crippen LogP contribution in [0.4, 0.5) is 0 Å². The Kier molecular flexibility index (Phi) is 29.9. The lowest BCUT2D eigenvalue weighted by molar-refractivity contribution is -0.161. The second-order valence-electron chi connectivity index (χ2n) is 11.9. The molecule has 0 heterocycles. The molecule has 0 saturated heterocycles. The molecule has 3 atom stereocenters. The second kappa shape index (κ2) is 30.6. The van der Waals surface area contributed by atoms with Gasteiger partial charge in [-0.25, -0.2) is 4.57 Å². The molecule has 0 aliphatic carbocycles. The molecule has 0 amide bonds. The predicted octanol–water partition coefficient (Wildman–Crippen LogP) is 7.94. The number of unbranched alkanes of at least 4 members (excludes halogenated alkanes) is 19. The van der Waals surface area contributed by atoms with Gasteiger partial charge in [0.15, 0.2) is 6.10 Å². The average Bonchev–Trinajstić information content (AvgIpc) is 3.00. The Morgan fingerprint density at radius 2 is 0.977 bits per heavy atom. The maximum Gasteiger partial charge on any atom is 0.472 e. The standard InChI is InChI=1S/C33H65O10P/c1-3-5-7-9-10-11-12-13-14-15-16-17-18-19-21-23-25-33(37)43-31(28-40-32(36)24-22-20-8-6-4-2)29-42-44(38,39)41-27-30(35)26-34/h30-31,34-35H,3-29H2,1-2H3,(H,38,39). The van der Waals surface area contributed by atoms with Crippen LogP contribution in [0.3, 0.4) is 0 Å². The molecule has 0 spiro atoms. The monoisotopic (exact) mass is 652 g/mol. The number of ether oxygens (including phenoxy) is 2. The van der Waals surface area contributed by atoms with Gasteiger partial charge in [0.25, 0.3) is 0 Å². The first-order valence-electron chi connectivity index (χ1n) is 17.5. The van der Waals surface area contributed by atoms with E-state index in [1.165, 1.54) is 77.0 Å². The first-order chi connectivity index (χ1) is 21.2. The molecule has 0 aromatic rings. The van der Waals surface area contributed by atoms with Crippen LogP contribution < -0.4 is 0 Å². The van der Waals surface area contributed by atoms with Crippen molar-refractivity contribution in [1.29, 1.82) is 0 Å². The van der Waals surface area contributed by atoms with Crippen molar-refractivity contribution in [1.82, 2.24) is 0 Å². The lowest BCUT2D eigenvalue weighted by atomic mass is 10.0. The van der Waals surface area contributed by atoms with E-state index in [-0.39, 0.29) is 19.4 Å². The zero-order valence-corrected chi connectivity index (χ0v) is 28.8. The Morgan fingerprint density at radius 1 is 0.591 bits per heavy atom. The summed E-state index contributed by atoms with van der Waals surface area (Å²) in [5.41, 5.74) is 0. The van der Waals surface area contributed by atoms with E-state index in [4.69, 9.17) is 19.1 Å². The smallest absolute Gasteiger partial charge is 0.462 e. The second-order valence-corrected chi connectivity index (χ2v) is 13.4. The van der Waals surface area contributed by atoms with E-state index in [1.807, 2.05) is 0 Å². The van der Waals surface area contributed by atoms with Gasteiger partial charge in [-0.15, -0.1) is 0 Å². The van der Waals surface area contributed by atoms with Gasteiger partial charge in [-0.1, -0.05) is 136 Å². The highest BCUT2D eigenvalue weighted by Gasteiger charge is 2.27. The Morgan fingerprint density at radius 3 is 1.41 bits per heavy atom. The summed E-state index contributed by atoms with van der Waals surface area (Å²) in [4.78, 5) is 34.4. The summed E-state index contributed by atoms with van der Waals surface area (Å²) in [5.74, 6) is -0.932. The van der Waals surface area contributed by atoms with E-state index >= 15 is 0 Å². The summed E-state index contributed by atoms with van der Waals surface area (Å²) in [6, 6.07) is 0. The SMILES string of the molecule is CCCCCCCCCCCCCCCCCCC(=O)OC(COC(=O)CCCCCCC)COP(=O)(O)OCC(O)CO. The minimum Gasteiger partial charge on any atom is -0.462 e. The van der Waals surface area contributed by atoms with E-state index in [0.717, 1.165) is 44.9 Å². The zero-order chi connectivity index (χ0) is 32.7. The van der Waals surface area contributed by atoms with Crippen LogP contribution in [0.1, 0.15) is 162 Å². The lowest BCUT2D eigenvalue weighted by Gasteiger charge is -2.20. The van der Waals surface area contributed by atoms with Gasteiger partial charge in [0.1, 0.15) is 12.7 Å². The molecule has 0 aliphatic heterocycles. The van der Waals surface area contributed by atoms with E-state index < -0.39 is 51.8 Å². The number of phosphoric acid groups is 1. The molecule has 0 fully saturated rings. The van der Waals surface area contributed by atoms with Crippen LogP contribution in [0.25, 0.3) is 0 Å². The number of aliphatic hydroxyl groups is 2. The zero-order valence-electron chi connectivity index (χ0n) is 27.9. The third-order valence-corrected chi connectivity index (χ3v) is 8.46. The molecule has 3 unspecified atom stereocenters. The van der Waals surface area contributed by atoms with Crippen molar-refractivity contribution < 1.29 is 47.8 Å². The molecule has 44 heavy (non-hydrogen) atoms. The Bertz CT molecular complexity index is 721.